The molecule has 0 aromatic heterocycles. The van der Waals surface area contributed by atoms with E-state index in [1.165, 1.54) is 0 Å². The summed E-state index contributed by atoms with van der Waals surface area (Å²) in [7, 11) is 1.75. The number of fused-ring (bicyclic) bond motifs is 1. The van der Waals surface area contributed by atoms with Crippen molar-refractivity contribution in [3.05, 3.63) is 58.6 Å². The molecule has 0 atom stereocenters. The maximum atomic E-state index is 12.4. The predicted molar refractivity (Wildman–Crippen MR) is 79.8 cm³/mol. The minimum absolute atomic E-state index is 0.0896. The number of hydrogen-bond donors (Lipinski definition) is 0. The van der Waals surface area contributed by atoms with E-state index in [0.717, 1.165) is 5.56 Å². The lowest BCUT2D eigenvalue weighted by Crippen LogP contribution is -2.26. The van der Waals surface area contributed by atoms with Gasteiger partial charge < -0.3 is 14.4 Å². The molecule has 0 fully saturated rings. The summed E-state index contributed by atoms with van der Waals surface area (Å²) in [5.41, 5.74) is 1.48. The van der Waals surface area contributed by atoms with Gasteiger partial charge in [-0.3, -0.25) is 4.79 Å². The first-order chi connectivity index (χ1) is 10.1. The van der Waals surface area contributed by atoms with Crippen LogP contribution in [0.1, 0.15) is 15.9 Å². The van der Waals surface area contributed by atoms with Gasteiger partial charge in [0.25, 0.3) is 5.91 Å². The number of carbonyl (C=O) groups excluding carboxylic acids is 1. The highest BCUT2D eigenvalue weighted by atomic mass is 35.5. The van der Waals surface area contributed by atoms with Gasteiger partial charge in [0.1, 0.15) is 0 Å². The molecule has 0 saturated carbocycles. The fraction of sp³-hybridized carbons (Fsp3) is 0.188. The maximum absolute atomic E-state index is 12.4. The zero-order chi connectivity index (χ0) is 14.8. The van der Waals surface area contributed by atoms with Crippen molar-refractivity contribution in [3.63, 3.8) is 0 Å². The van der Waals surface area contributed by atoms with Crippen LogP contribution in [0, 0.1) is 0 Å². The second-order valence-electron chi connectivity index (χ2n) is 4.82. The Balaban J connectivity index is 1.77. The molecule has 108 valence electrons. The largest absolute Gasteiger partial charge is 0.454 e. The van der Waals surface area contributed by atoms with E-state index in [2.05, 4.69) is 0 Å². The summed E-state index contributed by atoms with van der Waals surface area (Å²) in [5.74, 6) is 1.18. The minimum Gasteiger partial charge on any atom is -0.454 e. The van der Waals surface area contributed by atoms with Crippen LogP contribution in [0.3, 0.4) is 0 Å². The molecule has 0 bridgehead atoms. The first-order valence-electron chi connectivity index (χ1n) is 6.53. The van der Waals surface area contributed by atoms with Crippen molar-refractivity contribution in [3.8, 4) is 11.5 Å². The predicted octanol–water partition coefficient (Wildman–Crippen LogP) is 3.34. The summed E-state index contributed by atoms with van der Waals surface area (Å²) >= 11 is 6.12. The number of carbonyl (C=O) groups is 1. The van der Waals surface area contributed by atoms with E-state index in [9.17, 15) is 4.79 Å². The van der Waals surface area contributed by atoms with E-state index in [1.54, 1.807) is 30.1 Å². The summed E-state index contributed by atoms with van der Waals surface area (Å²) in [6.07, 6.45) is 0. The van der Waals surface area contributed by atoms with E-state index in [0.29, 0.717) is 28.6 Å². The monoisotopic (exact) mass is 303 g/mol. The molecule has 21 heavy (non-hydrogen) atoms. The van der Waals surface area contributed by atoms with E-state index in [-0.39, 0.29) is 12.7 Å². The Hall–Kier alpha value is -2.20. The molecular formula is C16H14ClNO3. The smallest absolute Gasteiger partial charge is 0.254 e. The lowest BCUT2D eigenvalue weighted by molar-refractivity contribution is 0.0784. The molecule has 0 radical (unpaired) electrons. The van der Waals surface area contributed by atoms with Gasteiger partial charge in [0.05, 0.1) is 0 Å². The fourth-order valence-corrected chi connectivity index (χ4v) is 2.40. The van der Waals surface area contributed by atoms with Crippen LogP contribution in [0.2, 0.25) is 5.02 Å². The van der Waals surface area contributed by atoms with Gasteiger partial charge in [-0.1, -0.05) is 29.8 Å². The van der Waals surface area contributed by atoms with Gasteiger partial charge in [0.2, 0.25) is 6.79 Å². The third-order valence-corrected chi connectivity index (χ3v) is 3.70. The number of hydrogen-bond acceptors (Lipinski definition) is 3. The molecule has 3 rings (SSSR count). The topological polar surface area (TPSA) is 38.8 Å². The Labute approximate surface area is 127 Å². The van der Waals surface area contributed by atoms with Crippen molar-refractivity contribution in [2.45, 2.75) is 6.54 Å². The highest BCUT2D eigenvalue weighted by Gasteiger charge is 2.18. The lowest BCUT2D eigenvalue weighted by atomic mass is 10.1. The van der Waals surface area contributed by atoms with Crippen LogP contribution in [0.5, 0.6) is 11.5 Å². The Kier molecular flexibility index (Phi) is 3.71. The van der Waals surface area contributed by atoms with Gasteiger partial charge in [0, 0.05) is 24.2 Å². The van der Waals surface area contributed by atoms with Gasteiger partial charge in [-0.25, -0.2) is 0 Å². The van der Waals surface area contributed by atoms with Crippen LogP contribution in [0.4, 0.5) is 0 Å². The number of nitrogens with zero attached hydrogens (tertiary/aromatic N) is 1. The Morgan fingerprint density at radius 3 is 2.76 bits per heavy atom. The summed E-state index contributed by atoms with van der Waals surface area (Å²) < 4.78 is 10.5. The molecule has 0 saturated heterocycles. The van der Waals surface area contributed by atoms with Crippen LogP contribution < -0.4 is 9.47 Å². The highest BCUT2D eigenvalue weighted by molar-refractivity contribution is 6.31. The van der Waals surface area contributed by atoms with Crippen LogP contribution in [0.15, 0.2) is 42.5 Å². The zero-order valence-corrected chi connectivity index (χ0v) is 12.3. The maximum Gasteiger partial charge on any atom is 0.254 e. The number of benzene rings is 2. The Morgan fingerprint density at radius 1 is 1.19 bits per heavy atom. The van der Waals surface area contributed by atoms with Crippen molar-refractivity contribution in [2.75, 3.05) is 13.8 Å². The van der Waals surface area contributed by atoms with Crippen molar-refractivity contribution in [1.29, 1.82) is 0 Å². The second-order valence-corrected chi connectivity index (χ2v) is 5.23. The molecule has 2 aromatic rings. The third kappa shape index (κ3) is 2.81. The van der Waals surface area contributed by atoms with Gasteiger partial charge >= 0.3 is 0 Å². The highest BCUT2D eigenvalue weighted by Crippen LogP contribution is 2.32. The summed E-state index contributed by atoms with van der Waals surface area (Å²) in [4.78, 5) is 14.1. The lowest BCUT2D eigenvalue weighted by Gasteiger charge is -2.18. The van der Waals surface area contributed by atoms with E-state index in [1.807, 2.05) is 24.3 Å². The summed E-state index contributed by atoms with van der Waals surface area (Å²) in [6, 6.07) is 12.7. The van der Waals surface area contributed by atoms with Gasteiger partial charge in [-0.15, -0.1) is 0 Å². The van der Waals surface area contributed by atoms with E-state index < -0.39 is 0 Å². The molecule has 2 aromatic carbocycles. The fourth-order valence-electron chi connectivity index (χ4n) is 2.20. The standard InChI is InChI=1S/C16H14ClNO3/c1-18(9-12-4-2-3-5-13(12)17)16(19)11-6-7-14-15(8-11)21-10-20-14/h2-8H,9-10H2,1H3. The SMILES string of the molecule is CN(Cc1ccccc1Cl)C(=O)c1ccc2c(c1)OCO2. The Bertz CT molecular complexity index is 687. The number of ether oxygens (including phenoxy) is 2. The first kappa shape index (κ1) is 13.8. The van der Waals surface area contributed by atoms with Crippen LogP contribution in [-0.2, 0) is 6.54 Å². The van der Waals surface area contributed by atoms with Crippen molar-refractivity contribution < 1.29 is 14.3 Å². The molecular weight excluding hydrogens is 290 g/mol. The molecule has 1 aliphatic rings. The summed E-state index contributed by atoms with van der Waals surface area (Å²) in [5, 5.41) is 0.655. The molecule has 0 unspecified atom stereocenters. The van der Waals surface area contributed by atoms with Crippen LogP contribution in [0.25, 0.3) is 0 Å². The Morgan fingerprint density at radius 2 is 1.95 bits per heavy atom. The first-order valence-corrected chi connectivity index (χ1v) is 6.91. The van der Waals surface area contributed by atoms with E-state index in [4.69, 9.17) is 21.1 Å². The molecule has 1 amide bonds. The molecule has 0 N–H and O–H groups in total. The second kappa shape index (κ2) is 5.66. The molecule has 4 nitrogen and oxygen atoms in total. The van der Waals surface area contributed by atoms with Gasteiger partial charge in [-0.2, -0.15) is 0 Å². The number of rotatable bonds is 3. The molecule has 1 heterocycles. The third-order valence-electron chi connectivity index (χ3n) is 3.33. The van der Waals surface area contributed by atoms with Gasteiger partial charge in [-0.05, 0) is 29.8 Å². The average Bonchev–Trinajstić information content (AvgIpc) is 2.96. The van der Waals surface area contributed by atoms with Crippen molar-refractivity contribution >= 4 is 17.5 Å². The average molecular weight is 304 g/mol. The molecule has 1 aliphatic heterocycles. The summed E-state index contributed by atoms with van der Waals surface area (Å²) in [6.45, 7) is 0.648. The van der Waals surface area contributed by atoms with Crippen LogP contribution >= 0.6 is 11.6 Å². The number of halogens is 1. The molecule has 0 spiro atoms. The van der Waals surface area contributed by atoms with Crippen LogP contribution in [-0.4, -0.2) is 24.6 Å². The normalized spacial score (nSPS) is 12.3. The van der Waals surface area contributed by atoms with Crippen molar-refractivity contribution in [1.82, 2.24) is 4.90 Å². The number of amides is 1. The van der Waals surface area contributed by atoms with E-state index >= 15 is 0 Å². The van der Waals surface area contributed by atoms with Crippen molar-refractivity contribution in [2.24, 2.45) is 0 Å². The minimum atomic E-state index is -0.0896. The van der Waals surface area contributed by atoms with Gasteiger partial charge in [0.15, 0.2) is 11.5 Å². The zero-order valence-electron chi connectivity index (χ0n) is 11.5. The molecule has 0 aliphatic carbocycles. The quantitative estimate of drug-likeness (QED) is 0.873. The molecule has 5 heteroatoms.